The van der Waals surface area contributed by atoms with Crippen molar-refractivity contribution in [1.29, 1.82) is 0 Å². The predicted octanol–water partition coefficient (Wildman–Crippen LogP) is 2.96. The van der Waals surface area contributed by atoms with Crippen LogP contribution in [0, 0.1) is 5.92 Å². The Labute approximate surface area is 83.7 Å². The van der Waals surface area contributed by atoms with Crippen molar-refractivity contribution in [3.05, 3.63) is 52.9 Å². The Morgan fingerprint density at radius 2 is 2.31 bits per heavy atom. The summed E-state index contributed by atoms with van der Waals surface area (Å²) in [4.78, 5) is 0. The molecule has 1 aromatic rings. The highest BCUT2D eigenvalue weighted by Crippen LogP contribution is 2.27. The summed E-state index contributed by atoms with van der Waals surface area (Å²) in [5.41, 5.74) is 1.68. The SMILES string of the molecule is C=C[C](C)c1cccc(CO)c1Cl. The van der Waals surface area contributed by atoms with E-state index < -0.39 is 0 Å². The maximum absolute atomic E-state index is 8.98. The van der Waals surface area contributed by atoms with Gasteiger partial charge in [0.15, 0.2) is 0 Å². The summed E-state index contributed by atoms with van der Waals surface area (Å²) < 4.78 is 0. The minimum atomic E-state index is -0.0307. The van der Waals surface area contributed by atoms with Gasteiger partial charge >= 0.3 is 0 Å². The second-order valence-electron chi connectivity index (χ2n) is 2.82. The highest BCUT2D eigenvalue weighted by atomic mass is 35.5. The van der Waals surface area contributed by atoms with Crippen LogP contribution in [0.3, 0.4) is 0 Å². The van der Waals surface area contributed by atoms with Crippen LogP contribution in [-0.2, 0) is 6.61 Å². The van der Waals surface area contributed by atoms with Crippen LogP contribution in [-0.4, -0.2) is 5.11 Å². The van der Waals surface area contributed by atoms with E-state index in [9.17, 15) is 0 Å². The zero-order chi connectivity index (χ0) is 9.84. The lowest BCUT2D eigenvalue weighted by atomic mass is 9.99. The van der Waals surface area contributed by atoms with Crippen molar-refractivity contribution >= 4 is 11.6 Å². The molecule has 0 aliphatic heterocycles. The molecule has 0 atom stereocenters. The van der Waals surface area contributed by atoms with Crippen molar-refractivity contribution in [2.75, 3.05) is 0 Å². The molecule has 1 N–H and O–H groups in total. The zero-order valence-electron chi connectivity index (χ0n) is 7.55. The Balaban J connectivity index is 3.14. The van der Waals surface area contributed by atoms with E-state index in [-0.39, 0.29) is 6.61 Å². The van der Waals surface area contributed by atoms with Crippen LogP contribution in [0.15, 0.2) is 30.9 Å². The molecule has 0 amide bonds. The molecule has 0 aliphatic rings. The molecule has 0 saturated carbocycles. The monoisotopic (exact) mass is 195 g/mol. The Morgan fingerprint density at radius 1 is 1.62 bits per heavy atom. The summed E-state index contributed by atoms with van der Waals surface area (Å²) in [6.45, 7) is 5.58. The smallest absolute Gasteiger partial charge is 0.0696 e. The highest BCUT2D eigenvalue weighted by Gasteiger charge is 2.09. The molecule has 1 rings (SSSR count). The fraction of sp³-hybridized carbons (Fsp3) is 0.182. The van der Waals surface area contributed by atoms with Crippen LogP contribution >= 0.6 is 11.6 Å². The quantitative estimate of drug-likeness (QED) is 0.787. The number of hydrogen-bond acceptors (Lipinski definition) is 1. The summed E-state index contributed by atoms with van der Waals surface area (Å²) in [5, 5.41) is 9.59. The number of benzene rings is 1. The second-order valence-corrected chi connectivity index (χ2v) is 3.20. The van der Waals surface area contributed by atoms with Gasteiger partial charge < -0.3 is 5.11 Å². The Bertz CT molecular complexity index is 307. The topological polar surface area (TPSA) is 20.2 Å². The first-order valence-electron chi connectivity index (χ1n) is 4.05. The summed E-state index contributed by atoms with van der Waals surface area (Å²) in [5.74, 6) is 1.01. The van der Waals surface area contributed by atoms with Crippen molar-refractivity contribution in [2.24, 2.45) is 0 Å². The summed E-state index contributed by atoms with van der Waals surface area (Å²) in [6, 6.07) is 5.60. The van der Waals surface area contributed by atoms with Crippen LogP contribution in [0.2, 0.25) is 5.02 Å². The average molecular weight is 196 g/mol. The van der Waals surface area contributed by atoms with E-state index in [4.69, 9.17) is 16.7 Å². The molecule has 2 heteroatoms. The lowest BCUT2D eigenvalue weighted by Crippen LogP contribution is -1.95. The van der Waals surface area contributed by atoms with E-state index in [0.717, 1.165) is 17.0 Å². The minimum Gasteiger partial charge on any atom is -0.392 e. The number of aliphatic hydroxyl groups is 1. The summed E-state index contributed by atoms with van der Waals surface area (Å²) in [7, 11) is 0. The Kier molecular flexibility index (Phi) is 3.52. The number of rotatable bonds is 3. The first-order chi connectivity index (χ1) is 6.20. The van der Waals surface area contributed by atoms with Gasteiger partial charge in [0.2, 0.25) is 0 Å². The molecule has 0 aromatic heterocycles. The maximum Gasteiger partial charge on any atom is 0.0696 e. The van der Waals surface area contributed by atoms with Gasteiger partial charge in [-0.05, 0) is 11.1 Å². The molecule has 0 unspecified atom stereocenters. The van der Waals surface area contributed by atoms with E-state index in [1.165, 1.54) is 0 Å². The molecule has 0 heterocycles. The first kappa shape index (κ1) is 10.3. The zero-order valence-corrected chi connectivity index (χ0v) is 8.30. The molecular formula is C11H12ClO. The van der Waals surface area contributed by atoms with E-state index in [1.54, 1.807) is 6.08 Å². The van der Waals surface area contributed by atoms with E-state index in [1.807, 2.05) is 25.1 Å². The fourth-order valence-electron chi connectivity index (χ4n) is 1.12. The lowest BCUT2D eigenvalue weighted by Gasteiger charge is -2.10. The molecule has 13 heavy (non-hydrogen) atoms. The van der Waals surface area contributed by atoms with Crippen molar-refractivity contribution in [3.8, 4) is 0 Å². The number of aliphatic hydroxyl groups excluding tert-OH is 1. The van der Waals surface area contributed by atoms with Gasteiger partial charge in [-0.3, -0.25) is 0 Å². The van der Waals surface area contributed by atoms with Crippen molar-refractivity contribution < 1.29 is 5.11 Å². The Morgan fingerprint density at radius 3 is 2.85 bits per heavy atom. The van der Waals surface area contributed by atoms with Gasteiger partial charge in [-0.25, -0.2) is 0 Å². The van der Waals surface area contributed by atoms with Gasteiger partial charge in [-0.2, -0.15) is 0 Å². The molecule has 1 nitrogen and oxygen atoms in total. The van der Waals surface area contributed by atoms with Crippen LogP contribution in [0.25, 0.3) is 0 Å². The molecule has 1 radical (unpaired) electrons. The van der Waals surface area contributed by atoms with Gasteiger partial charge in [0.1, 0.15) is 0 Å². The summed E-state index contributed by atoms with van der Waals surface area (Å²) in [6.07, 6.45) is 1.75. The van der Waals surface area contributed by atoms with E-state index >= 15 is 0 Å². The third-order valence-corrected chi connectivity index (χ3v) is 2.43. The lowest BCUT2D eigenvalue weighted by molar-refractivity contribution is 0.282. The molecule has 0 saturated heterocycles. The van der Waals surface area contributed by atoms with Crippen molar-refractivity contribution in [2.45, 2.75) is 13.5 Å². The molecule has 1 aromatic carbocycles. The van der Waals surface area contributed by atoms with Gasteiger partial charge in [-0.15, -0.1) is 6.58 Å². The number of allylic oxidation sites excluding steroid dienone is 1. The fourth-order valence-corrected chi connectivity index (χ4v) is 1.45. The standard InChI is InChI=1S/C11H12ClO/c1-3-8(2)10-6-4-5-9(7-13)11(10)12/h3-6,13H,1,7H2,2H3. The molecule has 69 valence electrons. The van der Waals surface area contributed by atoms with E-state index in [0.29, 0.717) is 5.02 Å². The average Bonchev–Trinajstić information content (AvgIpc) is 2.17. The van der Waals surface area contributed by atoms with Crippen LogP contribution < -0.4 is 0 Å². The normalized spacial score (nSPS) is 10.5. The van der Waals surface area contributed by atoms with Gasteiger partial charge in [0, 0.05) is 5.92 Å². The van der Waals surface area contributed by atoms with Crippen molar-refractivity contribution in [1.82, 2.24) is 0 Å². The highest BCUT2D eigenvalue weighted by molar-refractivity contribution is 6.32. The molecular weight excluding hydrogens is 184 g/mol. The largest absolute Gasteiger partial charge is 0.392 e. The van der Waals surface area contributed by atoms with Crippen LogP contribution in [0.5, 0.6) is 0 Å². The van der Waals surface area contributed by atoms with Crippen molar-refractivity contribution in [3.63, 3.8) is 0 Å². The van der Waals surface area contributed by atoms with Gasteiger partial charge in [-0.1, -0.05) is 42.8 Å². The van der Waals surface area contributed by atoms with Gasteiger partial charge in [0.25, 0.3) is 0 Å². The third kappa shape index (κ3) is 2.11. The van der Waals surface area contributed by atoms with Crippen LogP contribution in [0.4, 0.5) is 0 Å². The van der Waals surface area contributed by atoms with Crippen LogP contribution in [0.1, 0.15) is 18.1 Å². The second kappa shape index (κ2) is 4.45. The maximum atomic E-state index is 8.98. The first-order valence-corrected chi connectivity index (χ1v) is 4.43. The molecule has 0 aliphatic carbocycles. The molecule has 0 bridgehead atoms. The predicted molar refractivity (Wildman–Crippen MR) is 55.6 cm³/mol. The molecule has 0 fully saturated rings. The number of hydrogen-bond donors (Lipinski definition) is 1. The minimum absolute atomic E-state index is 0.0307. The third-order valence-electron chi connectivity index (χ3n) is 1.98. The summed E-state index contributed by atoms with van der Waals surface area (Å²) >= 11 is 6.05. The van der Waals surface area contributed by atoms with E-state index in [2.05, 4.69) is 6.58 Å². The molecule has 0 spiro atoms. The number of halogens is 1. The Hall–Kier alpha value is -0.790. The van der Waals surface area contributed by atoms with Gasteiger partial charge in [0.05, 0.1) is 11.6 Å².